The smallest absolute Gasteiger partial charge is 0.251 e. The number of nitrogens with zero attached hydrogens (tertiary/aromatic N) is 4. The lowest BCUT2D eigenvalue weighted by atomic mass is 9.95. The molecule has 0 saturated carbocycles. The molecule has 0 saturated heterocycles. The van der Waals surface area contributed by atoms with Crippen LogP contribution >= 0.6 is 11.6 Å². The van der Waals surface area contributed by atoms with Crippen LogP contribution in [0.5, 0.6) is 5.75 Å². The van der Waals surface area contributed by atoms with Crippen LogP contribution < -0.4 is 15.4 Å². The number of fused-ring (bicyclic) bond motifs is 1. The SMILES string of the molecule is COc1ccc(CNC(=O)C2=C(C)Nc3nnnn3C2c2ccc(Cl)cc2)cc1. The molecule has 1 aliphatic rings. The summed E-state index contributed by atoms with van der Waals surface area (Å²) in [6.07, 6.45) is 0. The Morgan fingerprint density at radius 2 is 1.93 bits per heavy atom. The fourth-order valence-electron chi connectivity index (χ4n) is 3.28. The Labute approximate surface area is 172 Å². The van der Waals surface area contributed by atoms with Gasteiger partial charge in [-0.25, -0.2) is 0 Å². The maximum Gasteiger partial charge on any atom is 0.251 e. The largest absolute Gasteiger partial charge is 0.497 e. The lowest BCUT2D eigenvalue weighted by Crippen LogP contribution is -2.34. The molecule has 0 spiro atoms. The van der Waals surface area contributed by atoms with Gasteiger partial charge < -0.3 is 15.4 Å². The molecule has 1 aromatic heterocycles. The van der Waals surface area contributed by atoms with E-state index in [-0.39, 0.29) is 5.91 Å². The maximum atomic E-state index is 13.1. The Bertz CT molecular complexity index is 1060. The normalized spacial score (nSPS) is 15.5. The first-order valence-corrected chi connectivity index (χ1v) is 9.37. The number of hydrogen-bond acceptors (Lipinski definition) is 6. The van der Waals surface area contributed by atoms with Crippen LogP contribution in [0, 0.1) is 0 Å². The van der Waals surface area contributed by atoms with Crippen molar-refractivity contribution in [1.29, 1.82) is 0 Å². The zero-order chi connectivity index (χ0) is 20.4. The number of rotatable bonds is 5. The molecule has 9 heteroatoms. The highest BCUT2D eigenvalue weighted by molar-refractivity contribution is 6.30. The number of methoxy groups -OCH3 is 1. The van der Waals surface area contributed by atoms with Gasteiger partial charge in [0.1, 0.15) is 11.8 Å². The number of allylic oxidation sites excluding steroid dienone is 1. The molecule has 1 atom stereocenters. The van der Waals surface area contributed by atoms with Crippen LogP contribution in [-0.2, 0) is 11.3 Å². The minimum atomic E-state index is -0.464. The number of carbonyl (C=O) groups excluding carboxylic acids is 1. The average molecular weight is 411 g/mol. The molecule has 1 aliphatic heterocycles. The van der Waals surface area contributed by atoms with Crippen molar-refractivity contribution in [2.45, 2.75) is 19.5 Å². The molecule has 0 bridgehead atoms. The van der Waals surface area contributed by atoms with Gasteiger partial charge in [0, 0.05) is 17.3 Å². The second-order valence-electron chi connectivity index (χ2n) is 6.60. The first kappa shape index (κ1) is 18.9. The number of amides is 1. The van der Waals surface area contributed by atoms with Crippen molar-refractivity contribution in [2.24, 2.45) is 0 Å². The van der Waals surface area contributed by atoms with Crippen LogP contribution in [0.3, 0.4) is 0 Å². The third-order valence-electron chi connectivity index (χ3n) is 4.76. The van der Waals surface area contributed by atoms with Crippen molar-refractivity contribution in [3.63, 3.8) is 0 Å². The molecule has 0 radical (unpaired) electrons. The van der Waals surface area contributed by atoms with Gasteiger partial charge in [0.05, 0.1) is 12.7 Å². The highest BCUT2D eigenvalue weighted by Gasteiger charge is 2.33. The van der Waals surface area contributed by atoms with E-state index in [0.717, 1.165) is 16.9 Å². The summed E-state index contributed by atoms with van der Waals surface area (Å²) >= 11 is 6.04. The van der Waals surface area contributed by atoms with Crippen LogP contribution in [0.4, 0.5) is 5.95 Å². The predicted octanol–water partition coefficient (Wildman–Crippen LogP) is 2.94. The fourth-order valence-corrected chi connectivity index (χ4v) is 3.41. The van der Waals surface area contributed by atoms with Gasteiger partial charge in [0.15, 0.2) is 0 Å². The van der Waals surface area contributed by atoms with Gasteiger partial charge in [-0.1, -0.05) is 41.0 Å². The van der Waals surface area contributed by atoms with E-state index >= 15 is 0 Å². The molecule has 0 aliphatic carbocycles. The molecule has 2 N–H and O–H groups in total. The van der Waals surface area contributed by atoms with Crippen molar-refractivity contribution < 1.29 is 9.53 Å². The minimum Gasteiger partial charge on any atom is -0.497 e. The number of aromatic nitrogens is 4. The van der Waals surface area contributed by atoms with E-state index < -0.39 is 6.04 Å². The van der Waals surface area contributed by atoms with Gasteiger partial charge in [-0.2, -0.15) is 4.68 Å². The number of benzene rings is 2. The summed E-state index contributed by atoms with van der Waals surface area (Å²) in [6.45, 7) is 2.22. The lowest BCUT2D eigenvalue weighted by Gasteiger charge is -2.28. The third-order valence-corrected chi connectivity index (χ3v) is 5.01. The Morgan fingerprint density at radius 1 is 1.21 bits per heavy atom. The molecular formula is C20H19ClN6O2. The summed E-state index contributed by atoms with van der Waals surface area (Å²) < 4.78 is 6.76. The molecule has 4 rings (SSSR count). The van der Waals surface area contributed by atoms with Gasteiger partial charge >= 0.3 is 0 Å². The van der Waals surface area contributed by atoms with E-state index in [1.807, 2.05) is 43.3 Å². The van der Waals surface area contributed by atoms with Crippen molar-refractivity contribution in [3.05, 3.63) is 76.0 Å². The van der Waals surface area contributed by atoms with Crippen molar-refractivity contribution in [1.82, 2.24) is 25.5 Å². The number of halogens is 1. The summed E-state index contributed by atoms with van der Waals surface area (Å²) in [6, 6.07) is 14.4. The quantitative estimate of drug-likeness (QED) is 0.671. The van der Waals surface area contributed by atoms with E-state index in [4.69, 9.17) is 16.3 Å². The third kappa shape index (κ3) is 3.79. The highest BCUT2D eigenvalue weighted by Crippen LogP contribution is 2.34. The van der Waals surface area contributed by atoms with E-state index in [2.05, 4.69) is 26.2 Å². The number of anilines is 1. The summed E-state index contributed by atoms with van der Waals surface area (Å²) in [4.78, 5) is 13.1. The number of nitrogens with one attached hydrogen (secondary N) is 2. The molecule has 1 unspecified atom stereocenters. The molecule has 2 heterocycles. The van der Waals surface area contributed by atoms with Crippen LogP contribution in [0.1, 0.15) is 24.1 Å². The molecule has 8 nitrogen and oxygen atoms in total. The summed E-state index contributed by atoms with van der Waals surface area (Å²) in [5, 5.41) is 18.5. The number of hydrogen-bond donors (Lipinski definition) is 2. The van der Waals surface area contributed by atoms with E-state index in [1.54, 1.807) is 23.9 Å². The topological polar surface area (TPSA) is 94.0 Å². The maximum absolute atomic E-state index is 13.1. The first-order chi connectivity index (χ1) is 14.1. The summed E-state index contributed by atoms with van der Waals surface area (Å²) in [5.74, 6) is 1.05. The minimum absolute atomic E-state index is 0.202. The van der Waals surface area contributed by atoms with Crippen LogP contribution in [0.25, 0.3) is 0 Å². The van der Waals surface area contributed by atoms with Gasteiger partial charge in [-0.05, 0) is 52.7 Å². The average Bonchev–Trinajstić information content (AvgIpc) is 3.20. The Balaban J connectivity index is 1.62. The Hall–Kier alpha value is -3.39. The highest BCUT2D eigenvalue weighted by atomic mass is 35.5. The molecule has 29 heavy (non-hydrogen) atoms. The van der Waals surface area contributed by atoms with Crippen LogP contribution in [-0.4, -0.2) is 33.2 Å². The zero-order valence-corrected chi connectivity index (χ0v) is 16.6. The molecule has 1 amide bonds. The van der Waals surface area contributed by atoms with E-state index in [0.29, 0.717) is 28.8 Å². The van der Waals surface area contributed by atoms with Gasteiger partial charge in [0.2, 0.25) is 5.95 Å². The molecular weight excluding hydrogens is 392 g/mol. The number of tetrazole rings is 1. The first-order valence-electron chi connectivity index (χ1n) is 8.99. The van der Waals surface area contributed by atoms with Crippen molar-refractivity contribution in [3.8, 4) is 5.75 Å². The Kier molecular flexibility index (Phi) is 5.18. The fraction of sp³-hybridized carbons (Fsp3) is 0.200. The summed E-state index contributed by atoms with van der Waals surface area (Å²) in [5.41, 5.74) is 3.06. The van der Waals surface area contributed by atoms with Crippen molar-refractivity contribution in [2.75, 3.05) is 12.4 Å². The van der Waals surface area contributed by atoms with E-state index in [1.165, 1.54) is 0 Å². The van der Waals surface area contributed by atoms with E-state index in [9.17, 15) is 4.79 Å². The zero-order valence-electron chi connectivity index (χ0n) is 15.9. The standard InChI is InChI=1S/C20H19ClN6O2/c1-12-17(19(28)22-11-13-3-9-16(29-2)10-4-13)18(14-5-7-15(21)8-6-14)27-20(23-12)24-25-26-27/h3-10,18H,11H2,1-2H3,(H,22,28)(H,23,24,26). The van der Waals surface area contributed by atoms with Gasteiger partial charge in [-0.3, -0.25) is 4.79 Å². The second kappa shape index (κ2) is 7.92. The second-order valence-corrected chi connectivity index (χ2v) is 7.03. The summed E-state index contributed by atoms with van der Waals surface area (Å²) in [7, 11) is 1.62. The lowest BCUT2D eigenvalue weighted by molar-refractivity contribution is -0.118. The molecule has 2 aromatic carbocycles. The van der Waals surface area contributed by atoms with Gasteiger partial charge in [-0.15, -0.1) is 0 Å². The molecule has 3 aromatic rings. The number of carbonyl (C=O) groups is 1. The van der Waals surface area contributed by atoms with Crippen LogP contribution in [0.15, 0.2) is 59.8 Å². The van der Waals surface area contributed by atoms with Crippen LogP contribution in [0.2, 0.25) is 5.02 Å². The monoisotopic (exact) mass is 410 g/mol. The van der Waals surface area contributed by atoms with Crippen molar-refractivity contribution >= 4 is 23.5 Å². The van der Waals surface area contributed by atoms with Gasteiger partial charge in [0.25, 0.3) is 5.91 Å². The number of ether oxygens (including phenoxy) is 1. The Morgan fingerprint density at radius 3 is 2.62 bits per heavy atom. The predicted molar refractivity (Wildman–Crippen MR) is 109 cm³/mol. The molecule has 0 fully saturated rings. The molecule has 148 valence electrons.